The van der Waals surface area contributed by atoms with Crippen LogP contribution < -0.4 is 17.0 Å². The summed E-state index contributed by atoms with van der Waals surface area (Å²) in [7, 11) is 1.39. The van der Waals surface area contributed by atoms with Crippen LogP contribution in [0.5, 0.6) is 0 Å². The highest BCUT2D eigenvalue weighted by Crippen LogP contribution is 2.11. The first-order valence-electron chi connectivity index (χ1n) is 9.30. The number of ketones is 1. The number of carbonyl (C=O) groups is 1. The molecule has 0 aliphatic rings. The molecule has 0 saturated heterocycles. The van der Waals surface area contributed by atoms with Crippen molar-refractivity contribution in [3.05, 3.63) is 26.4 Å². The molecule has 0 radical (unpaired) electrons. The van der Waals surface area contributed by atoms with Crippen LogP contribution in [0.3, 0.4) is 0 Å². The summed E-state index contributed by atoms with van der Waals surface area (Å²) < 4.78 is 2.30. The Kier molecular flexibility index (Phi) is 7.81. The number of nitrogens with two attached hydrogens (primary N) is 1. The first kappa shape index (κ1) is 22.2. The van der Waals surface area contributed by atoms with E-state index in [4.69, 9.17) is 5.73 Å². The van der Waals surface area contributed by atoms with Crippen molar-refractivity contribution in [2.75, 3.05) is 25.4 Å². The van der Waals surface area contributed by atoms with Crippen LogP contribution in [0, 0.1) is 17.8 Å². The van der Waals surface area contributed by atoms with Gasteiger partial charge in [-0.3, -0.25) is 23.6 Å². The Hall–Kier alpha value is -1.89. The van der Waals surface area contributed by atoms with Crippen LogP contribution in [0.4, 0.5) is 5.82 Å². The molecule has 2 N–H and O–H groups in total. The van der Waals surface area contributed by atoms with Crippen molar-refractivity contribution >= 4 is 11.6 Å². The normalized spacial score (nSPS) is 12.0. The molecule has 0 aromatic carbocycles. The van der Waals surface area contributed by atoms with Crippen LogP contribution in [-0.2, 0) is 13.6 Å². The van der Waals surface area contributed by atoms with Crippen molar-refractivity contribution < 1.29 is 4.79 Å². The lowest BCUT2D eigenvalue weighted by Gasteiger charge is -2.25. The Balaban J connectivity index is 3.32. The van der Waals surface area contributed by atoms with Crippen molar-refractivity contribution in [2.45, 2.75) is 48.1 Å². The molecule has 0 unspecified atom stereocenters. The molecule has 148 valence electrons. The summed E-state index contributed by atoms with van der Waals surface area (Å²) >= 11 is 0. The summed E-state index contributed by atoms with van der Waals surface area (Å²) in [4.78, 5) is 39.9. The molecule has 0 saturated carbocycles. The minimum absolute atomic E-state index is 0.0224. The number of nitrogens with zero attached hydrogens (tertiary/aromatic N) is 3. The average molecular weight is 367 g/mol. The number of hydrogen-bond acceptors (Lipinski definition) is 5. The molecule has 0 amide bonds. The maximum absolute atomic E-state index is 12.9. The first-order chi connectivity index (χ1) is 12.0. The largest absolute Gasteiger partial charge is 0.384 e. The molecule has 1 aromatic heterocycles. The quantitative estimate of drug-likeness (QED) is 0.670. The Labute approximate surface area is 155 Å². The van der Waals surface area contributed by atoms with E-state index in [9.17, 15) is 14.4 Å². The van der Waals surface area contributed by atoms with Crippen LogP contribution >= 0.6 is 0 Å². The van der Waals surface area contributed by atoms with E-state index in [1.165, 1.54) is 11.6 Å². The summed E-state index contributed by atoms with van der Waals surface area (Å²) in [5, 5.41) is 0. The molecule has 0 spiro atoms. The lowest BCUT2D eigenvalue weighted by Crippen LogP contribution is -2.45. The predicted octanol–water partition coefficient (Wildman–Crippen LogP) is 1.58. The first-order valence-corrected chi connectivity index (χ1v) is 9.30. The number of carbonyl (C=O) groups excluding carboxylic acids is 1. The van der Waals surface area contributed by atoms with Crippen molar-refractivity contribution in [1.82, 2.24) is 14.0 Å². The topological polar surface area (TPSA) is 90.3 Å². The van der Waals surface area contributed by atoms with Crippen LogP contribution in [0.2, 0.25) is 0 Å². The van der Waals surface area contributed by atoms with E-state index in [1.807, 2.05) is 13.8 Å². The fourth-order valence-corrected chi connectivity index (χ4v) is 3.11. The highest BCUT2D eigenvalue weighted by molar-refractivity contribution is 6.01. The Bertz CT molecular complexity index is 734. The maximum atomic E-state index is 12.9. The van der Waals surface area contributed by atoms with Gasteiger partial charge in [0.1, 0.15) is 11.4 Å². The van der Waals surface area contributed by atoms with Gasteiger partial charge in [0.2, 0.25) is 0 Å². The van der Waals surface area contributed by atoms with E-state index >= 15 is 0 Å². The molecule has 0 atom stereocenters. The Morgan fingerprint density at radius 3 is 1.92 bits per heavy atom. The second kappa shape index (κ2) is 9.16. The van der Waals surface area contributed by atoms with Gasteiger partial charge in [0, 0.05) is 26.7 Å². The molecule has 7 nitrogen and oxygen atoms in total. The zero-order valence-electron chi connectivity index (χ0n) is 17.2. The molecular weight excluding hydrogens is 332 g/mol. The minimum Gasteiger partial charge on any atom is -0.384 e. The van der Waals surface area contributed by atoms with E-state index in [-0.39, 0.29) is 29.6 Å². The zero-order valence-corrected chi connectivity index (χ0v) is 17.2. The molecule has 1 aromatic rings. The number of rotatable bonds is 9. The molecular formula is C19H34N4O3. The third-order valence-corrected chi connectivity index (χ3v) is 4.02. The van der Waals surface area contributed by atoms with Crippen LogP contribution in [-0.4, -0.2) is 39.5 Å². The van der Waals surface area contributed by atoms with E-state index in [1.54, 1.807) is 0 Å². The zero-order chi connectivity index (χ0) is 20.2. The van der Waals surface area contributed by atoms with Gasteiger partial charge in [-0.1, -0.05) is 41.5 Å². The second-order valence-electron chi connectivity index (χ2n) is 8.32. The molecule has 0 aliphatic carbocycles. The summed E-state index contributed by atoms with van der Waals surface area (Å²) in [5.41, 5.74) is 4.91. The molecule has 1 rings (SSSR count). The van der Waals surface area contributed by atoms with E-state index in [0.717, 1.165) is 17.7 Å². The van der Waals surface area contributed by atoms with Gasteiger partial charge in [-0.25, -0.2) is 4.79 Å². The maximum Gasteiger partial charge on any atom is 0.332 e. The lowest BCUT2D eigenvalue weighted by molar-refractivity contribution is 0.0910. The van der Waals surface area contributed by atoms with Gasteiger partial charge in [0.25, 0.3) is 5.56 Å². The number of Topliss-reactive ketones (excluding diaryl/α,β-unsaturated/α-hetero) is 1. The Morgan fingerprint density at radius 2 is 1.50 bits per heavy atom. The van der Waals surface area contributed by atoms with Gasteiger partial charge in [-0.05, 0) is 17.8 Å². The van der Waals surface area contributed by atoms with Crippen LogP contribution in [0.1, 0.15) is 51.9 Å². The highest BCUT2D eigenvalue weighted by atomic mass is 16.2. The number of aromatic nitrogens is 2. The van der Waals surface area contributed by atoms with Gasteiger partial charge in [0.15, 0.2) is 5.78 Å². The van der Waals surface area contributed by atoms with Gasteiger partial charge >= 0.3 is 5.69 Å². The number of nitrogen functional groups attached to an aromatic ring is 1. The lowest BCUT2D eigenvalue weighted by atomic mass is 10.1. The smallest absolute Gasteiger partial charge is 0.332 e. The SMILES string of the molecule is CC(C)CN(CC(=O)c1c(N)n(CC(C)C)c(=O)n(C)c1=O)CC(C)C. The molecule has 0 bridgehead atoms. The van der Waals surface area contributed by atoms with E-state index in [0.29, 0.717) is 18.4 Å². The third-order valence-electron chi connectivity index (χ3n) is 4.02. The monoisotopic (exact) mass is 366 g/mol. The fraction of sp³-hybridized carbons (Fsp3) is 0.737. The number of anilines is 1. The van der Waals surface area contributed by atoms with Crippen molar-refractivity contribution in [2.24, 2.45) is 24.8 Å². The second-order valence-corrected chi connectivity index (χ2v) is 8.32. The van der Waals surface area contributed by atoms with Gasteiger partial charge < -0.3 is 5.73 Å². The summed E-state index contributed by atoms with van der Waals surface area (Å²) in [6.45, 7) is 14.3. The average Bonchev–Trinajstić information content (AvgIpc) is 2.48. The van der Waals surface area contributed by atoms with Gasteiger partial charge in [0.05, 0.1) is 6.54 Å². The molecule has 0 aliphatic heterocycles. The molecule has 7 heteroatoms. The van der Waals surface area contributed by atoms with E-state index < -0.39 is 11.2 Å². The minimum atomic E-state index is -0.619. The third kappa shape index (κ3) is 5.56. The van der Waals surface area contributed by atoms with Crippen LogP contribution in [0.15, 0.2) is 9.59 Å². The van der Waals surface area contributed by atoms with E-state index in [2.05, 4.69) is 32.6 Å². The van der Waals surface area contributed by atoms with Crippen LogP contribution in [0.25, 0.3) is 0 Å². The fourth-order valence-electron chi connectivity index (χ4n) is 3.11. The van der Waals surface area contributed by atoms with Gasteiger partial charge in [-0.2, -0.15) is 0 Å². The Morgan fingerprint density at radius 1 is 1.00 bits per heavy atom. The molecule has 0 fully saturated rings. The standard InChI is InChI=1S/C19H34N4O3/c1-12(2)8-22(9-13(3)4)11-15(24)16-17(20)23(10-14(5)6)19(26)21(7)18(16)25/h12-14H,8-11,20H2,1-7H3. The van der Waals surface area contributed by atoms with Gasteiger partial charge in [-0.15, -0.1) is 0 Å². The number of hydrogen-bond donors (Lipinski definition) is 1. The highest BCUT2D eigenvalue weighted by Gasteiger charge is 2.24. The predicted molar refractivity (Wildman–Crippen MR) is 106 cm³/mol. The summed E-state index contributed by atoms with van der Waals surface area (Å²) in [6, 6.07) is 0. The molecule has 1 heterocycles. The van der Waals surface area contributed by atoms with Crippen molar-refractivity contribution in [3.8, 4) is 0 Å². The summed E-state index contributed by atoms with van der Waals surface area (Å²) in [6.07, 6.45) is 0. The summed E-state index contributed by atoms with van der Waals surface area (Å²) in [5.74, 6) is 0.606. The van der Waals surface area contributed by atoms with Crippen molar-refractivity contribution in [3.63, 3.8) is 0 Å². The van der Waals surface area contributed by atoms with Crippen molar-refractivity contribution in [1.29, 1.82) is 0 Å². The molecule has 26 heavy (non-hydrogen) atoms.